The fourth-order valence-electron chi connectivity index (χ4n) is 1.72. The maximum atomic E-state index is 12.3. The van der Waals surface area contributed by atoms with E-state index in [1.807, 2.05) is 7.05 Å². The molecular weight excluding hydrogens is 354 g/mol. The zero-order valence-corrected chi connectivity index (χ0v) is 13.7. The molecule has 0 amide bonds. The zero-order chi connectivity index (χ0) is 13.9. The number of nitrogens with zero attached hydrogens (tertiary/aromatic N) is 1. The molecule has 19 heavy (non-hydrogen) atoms. The Morgan fingerprint density at radius 1 is 1.47 bits per heavy atom. The minimum Gasteiger partial charge on any atom is -0.379 e. The second kappa shape index (κ2) is 6.61. The molecule has 0 bridgehead atoms. The van der Waals surface area contributed by atoms with Crippen molar-refractivity contribution < 1.29 is 13.2 Å². The Labute approximate surface area is 125 Å². The molecule has 1 fully saturated rings. The Morgan fingerprint density at radius 3 is 2.79 bits per heavy atom. The molecule has 1 aliphatic heterocycles. The summed E-state index contributed by atoms with van der Waals surface area (Å²) >= 11 is 4.74. The third kappa shape index (κ3) is 3.97. The predicted molar refractivity (Wildman–Crippen MR) is 77.5 cm³/mol. The first-order valence-electron chi connectivity index (χ1n) is 5.81. The lowest BCUT2D eigenvalue weighted by atomic mass is 10.5. The highest BCUT2D eigenvalue weighted by atomic mass is 79.9. The van der Waals surface area contributed by atoms with Gasteiger partial charge in [-0.3, -0.25) is 0 Å². The molecular formula is C10H16BrN3O3S2. The van der Waals surface area contributed by atoms with Gasteiger partial charge < -0.3 is 10.1 Å². The molecule has 0 aliphatic carbocycles. The molecule has 0 unspecified atom stereocenters. The van der Waals surface area contributed by atoms with E-state index >= 15 is 0 Å². The summed E-state index contributed by atoms with van der Waals surface area (Å²) in [5.74, 6) is 0. The van der Waals surface area contributed by atoms with Gasteiger partial charge in [0.1, 0.15) is 4.90 Å². The molecule has 0 atom stereocenters. The first-order chi connectivity index (χ1) is 9.03. The van der Waals surface area contributed by atoms with E-state index in [2.05, 4.69) is 26.1 Å². The van der Waals surface area contributed by atoms with Gasteiger partial charge in [-0.05, 0) is 29.0 Å². The Morgan fingerprint density at radius 2 is 2.16 bits per heavy atom. The monoisotopic (exact) mass is 369 g/mol. The number of ether oxygens (including phenoxy) is 1. The summed E-state index contributed by atoms with van der Waals surface area (Å²) in [6, 6.07) is 1.69. The molecule has 9 heteroatoms. The molecule has 108 valence electrons. The van der Waals surface area contributed by atoms with Crippen LogP contribution in [0.25, 0.3) is 0 Å². The van der Waals surface area contributed by atoms with Crippen molar-refractivity contribution >= 4 is 37.3 Å². The Hall–Kier alpha value is -0.0300. The molecule has 0 saturated carbocycles. The number of hydrazine groups is 1. The van der Waals surface area contributed by atoms with Crippen LogP contribution in [-0.2, 0) is 21.3 Å². The predicted octanol–water partition coefficient (Wildman–Crippen LogP) is 0.755. The third-order valence-electron chi connectivity index (χ3n) is 2.61. The summed E-state index contributed by atoms with van der Waals surface area (Å²) in [6.07, 6.45) is 0. The number of hydrogen-bond donors (Lipinski definition) is 2. The van der Waals surface area contributed by atoms with Crippen LogP contribution < -0.4 is 10.1 Å². The average Bonchev–Trinajstić information content (AvgIpc) is 2.72. The topological polar surface area (TPSA) is 70.7 Å². The first kappa shape index (κ1) is 15.4. The highest BCUT2D eigenvalue weighted by molar-refractivity contribution is 9.11. The first-order valence-corrected chi connectivity index (χ1v) is 8.90. The van der Waals surface area contributed by atoms with E-state index < -0.39 is 10.0 Å². The van der Waals surface area contributed by atoms with E-state index in [4.69, 9.17) is 4.74 Å². The highest BCUT2D eigenvalue weighted by Gasteiger charge is 2.24. The van der Waals surface area contributed by atoms with Crippen molar-refractivity contribution in [2.75, 3.05) is 33.4 Å². The molecule has 1 aliphatic rings. The van der Waals surface area contributed by atoms with Crippen molar-refractivity contribution in [1.29, 1.82) is 0 Å². The van der Waals surface area contributed by atoms with Crippen molar-refractivity contribution in [3.8, 4) is 0 Å². The lowest BCUT2D eigenvalue weighted by molar-refractivity contribution is 0.0272. The summed E-state index contributed by atoms with van der Waals surface area (Å²) in [5.41, 5.74) is 0. The SMILES string of the molecule is CNCc1cc(S(=O)(=O)NN2CCOCC2)c(Br)s1. The molecule has 2 rings (SSSR count). The Balaban J connectivity index is 2.14. The second-order valence-corrected chi connectivity index (χ2v) is 8.16. The molecule has 6 nitrogen and oxygen atoms in total. The number of morpholine rings is 1. The summed E-state index contributed by atoms with van der Waals surface area (Å²) in [5, 5.41) is 4.67. The lowest BCUT2D eigenvalue weighted by Gasteiger charge is -2.26. The number of sulfonamides is 1. The smallest absolute Gasteiger partial charge is 0.255 e. The van der Waals surface area contributed by atoms with Crippen LogP contribution in [0.5, 0.6) is 0 Å². The maximum Gasteiger partial charge on any atom is 0.255 e. The fraction of sp³-hybridized carbons (Fsp3) is 0.600. The van der Waals surface area contributed by atoms with E-state index in [1.54, 1.807) is 11.1 Å². The van der Waals surface area contributed by atoms with Gasteiger partial charge in [-0.25, -0.2) is 13.4 Å². The van der Waals surface area contributed by atoms with Gasteiger partial charge in [0.2, 0.25) is 0 Å². The van der Waals surface area contributed by atoms with Crippen LogP contribution in [0.3, 0.4) is 0 Å². The number of rotatable bonds is 5. The Kier molecular flexibility index (Phi) is 5.35. The van der Waals surface area contributed by atoms with E-state index in [0.717, 1.165) is 4.88 Å². The summed E-state index contributed by atoms with van der Waals surface area (Å²) in [7, 11) is -1.70. The maximum absolute atomic E-state index is 12.3. The molecule has 0 radical (unpaired) electrons. The van der Waals surface area contributed by atoms with Gasteiger partial charge in [-0.15, -0.1) is 16.2 Å². The van der Waals surface area contributed by atoms with Crippen LogP contribution in [0.4, 0.5) is 0 Å². The standard InChI is InChI=1S/C10H16BrN3O3S2/c1-12-7-8-6-9(10(11)18-8)19(15,16)13-14-2-4-17-5-3-14/h6,12-13H,2-5,7H2,1H3. The van der Waals surface area contributed by atoms with Gasteiger partial charge in [0.15, 0.2) is 0 Å². The molecule has 2 N–H and O–H groups in total. The van der Waals surface area contributed by atoms with Crippen LogP contribution in [-0.4, -0.2) is 46.8 Å². The van der Waals surface area contributed by atoms with Gasteiger partial charge in [0.05, 0.1) is 17.0 Å². The van der Waals surface area contributed by atoms with Crippen LogP contribution in [0.15, 0.2) is 14.7 Å². The van der Waals surface area contributed by atoms with Crippen molar-refractivity contribution in [1.82, 2.24) is 15.2 Å². The third-order valence-corrected chi connectivity index (χ3v) is 6.23. The minimum atomic E-state index is -3.53. The van der Waals surface area contributed by atoms with E-state index in [0.29, 0.717) is 36.6 Å². The number of nitrogens with one attached hydrogen (secondary N) is 2. The lowest BCUT2D eigenvalue weighted by Crippen LogP contribution is -2.48. The van der Waals surface area contributed by atoms with Crippen molar-refractivity contribution in [3.63, 3.8) is 0 Å². The molecule has 1 aromatic rings. The van der Waals surface area contributed by atoms with E-state index in [9.17, 15) is 8.42 Å². The number of thiophene rings is 1. The van der Waals surface area contributed by atoms with Crippen molar-refractivity contribution in [3.05, 3.63) is 14.7 Å². The van der Waals surface area contributed by atoms with Gasteiger partial charge in [0, 0.05) is 24.5 Å². The minimum absolute atomic E-state index is 0.286. The molecule has 1 aromatic heterocycles. The average molecular weight is 370 g/mol. The molecule has 0 spiro atoms. The van der Waals surface area contributed by atoms with Crippen LogP contribution in [0.2, 0.25) is 0 Å². The normalized spacial score (nSPS) is 17.8. The fourth-order valence-corrected chi connectivity index (χ4v) is 5.53. The van der Waals surface area contributed by atoms with Crippen molar-refractivity contribution in [2.24, 2.45) is 0 Å². The molecule has 2 heterocycles. The second-order valence-electron chi connectivity index (χ2n) is 4.08. The van der Waals surface area contributed by atoms with Gasteiger partial charge in [-0.2, -0.15) is 0 Å². The zero-order valence-electron chi connectivity index (χ0n) is 10.5. The quantitative estimate of drug-likeness (QED) is 0.801. The van der Waals surface area contributed by atoms with E-state index in [-0.39, 0.29) is 4.90 Å². The summed E-state index contributed by atoms with van der Waals surface area (Å²) in [6.45, 7) is 2.85. The van der Waals surface area contributed by atoms with Gasteiger partial charge in [0.25, 0.3) is 10.0 Å². The van der Waals surface area contributed by atoms with E-state index in [1.165, 1.54) is 11.3 Å². The van der Waals surface area contributed by atoms with Gasteiger partial charge >= 0.3 is 0 Å². The van der Waals surface area contributed by atoms with Crippen LogP contribution in [0.1, 0.15) is 4.88 Å². The molecule has 0 aromatic carbocycles. The largest absolute Gasteiger partial charge is 0.379 e. The highest BCUT2D eigenvalue weighted by Crippen LogP contribution is 2.31. The summed E-state index contributed by atoms with van der Waals surface area (Å²) in [4.78, 5) is 3.85. The number of hydrogen-bond acceptors (Lipinski definition) is 6. The summed E-state index contributed by atoms with van der Waals surface area (Å²) < 4.78 is 30.4. The van der Waals surface area contributed by atoms with Crippen LogP contribution >= 0.6 is 27.3 Å². The van der Waals surface area contributed by atoms with Crippen molar-refractivity contribution in [2.45, 2.75) is 11.4 Å². The van der Waals surface area contributed by atoms with Crippen LogP contribution in [0, 0.1) is 0 Å². The Bertz CT molecular complexity index is 526. The van der Waals surface area contributed by atoms with Gasteiger partial charge in [-0.1, -0.05) is 0 Å². The molecule has 1 saturated heterocycles. The number of halogens is 1.